The van der Waals surface area contributed by atoms with E-state index in [1.54, 1.807) is 5.20 Å². The van der Waals surface area contributed by atoms with Gasteiger partial charge in [0.25, 0.3) is 0 Å². The van der Waals surface area contributed by atoms with Crippen LogP contribution < -0.4 is 24.8 Å². The molecule has 0 saturated carbocycles. The molecule has 0 spiro atoms. The van der Waals surface area contributed by atoms with Crippen LogP contribution in [-0.4, -0.2) is 11.3 Å². The average molecular weight is 757 g/mol. The van der Waals surface area contributed by atoms with Gasteiger partial charge in [-0.15, -0.1) is 5.56 Å². The minimum absolute atomic E-state index is 0. The summed E-state index contributed by atoms with van der Waals surface area (Å²) in [5, 5.41) is 1.56. The van der Waals surface area contributed by atoms with Crippen molar-refractivity contribution in [3.05, 3.63) is 154 Å². The first-order chi connectivity index (χ1) is 21.0. The van der Waals surface area contributed by atoms with Crippen molar-refractivity contribution in [3.63, 3.8) is 0 Å². The summed E-state index contributed by atoms with van der Waals surface area (Å²) in [5.41, 5.74) is 11.4. The summed E-state index contributed by atoms with van der Waals surface area (Å²) in [4.78, 5) is 0. The third kappa shape index (κ3) is 11.2. The van der Waals surface area contributed by atoms with Crippen LogP contribution >= 0.6 is 0 Å². The van der Waals surface area contributed by atoms with Gasteiger partial charge in [0.15, 0.2) is 0 Å². The Morgan fingerprint density at radius 2 is 1.23 bits per heavy atom. The summed E-state index contributed by atoms with van der Waals surface area (Å²) < 4.78 is 1.42. The Morgan fingerprint density at radius 1 is 0.723 bits per heavy atom. The van der Waals surface area contributed by atoms with E-state index in [-0.39, 0.29) is 35.6 Å². The number of benzene rings is 4. The van der Waals surface area contributed by atoms with E-state index in [1.807, 2.05) is 0 Å². The first kappa shape index (κ1) is 41.1. The van der Waals surface area contributed by atoms with Crippen molar-refractivity contribution in [1.82, 2.24) is 0 Å². The van der Waals surface area contributed by atoms with Crippen molar-refractivity contribution in [2.75, 3.05) is 0 Å². The van der Waals surface area contributed by atoms with Crippen LogP contribution in [0.4, 0.5) is 0 Å². The van der Waals surface area contributed by atoms with Crippen molar-refractivity contribution in [2.24, 2.45) is 5.92 Å². The predicted molar refractivity (Wildman–Crippen MR) is 195 cm³/mol. The number of rotatable bonds is 3. The van der Waals surface area contributed by atoms with E-state index in [1.165, 1.54) is 71.9 Å². The monoisotopic (exact) mass is 754 g/mol. The summed E-state index contributed by atoms with van der Waals surface area (Å²) in [5.74, 6) is 0.557. The zero-order valence-corrected chi connectivity index (χ0v) is 34.8. The molecule has 2 aliphatic rings. The van der Waals surface area contributed by atoms with E-state index in [9.17, 15) is 0 Å². The topological polar surface area (TPSA) is 0 Å². The van der Waals surface area contributed by atoms with Gasteiger partial charge in [0.2, 0.25) is 0 Å². The third-order valence-electron chi connectivity index (χ3n) is 8.45. The molecule has 0 bridgehead atoms. The molecule has 0 aromatic heterocycles. The van der Waals surface area contributed by atoms with Crippen LogP contribution in [0.5, 0.6) is 0 Å². The van der Waals surface area contributed by atoms with Crippen LogP contribution in [0.25, 0.3) is 11.1 Å². The molecule has 6 rings (SSSR count). The molecule has 0 nitrogen and oxygen atoms in total. The second kappa shape index (κ2) is 17.0. The molecule has 0 N–H and O–H groups in total. The van der Waals surface area contributed by atoms with Crippen molar-refractivity contribution in [3.8, 4) is 11.1 Å². The molecular weight excluding hydrogens is 707 g/mol. The standard InChI is InChI=1S/C21H25.C13H10.C9H15Si.2ClH.Zr/c1-20(2,3)16-9-7-14-11-15-8-10-17(21(4,5)6)13-19(15)18(14)12-16;1-3-7-12(8-4-1)11-13-9-5-2-6-10-13;1-8-5-6-9(7-8)10(2,3)4;;;/h7,9-10,12-13H,11H2,1-6H3;1-10H;6-8H,1-4H3;2*1H;/q-1;;-1;;;+2/p-2. The van der Waals surface area contributed by atoms with Gasteiger partial charge in [-0.1, -0.05) is 109 Å². The molecule has 4 aromatic carbocycles. The Hall–Kier alpha value is -2.09. The molecule has 0 radical (unpaired) electrons. The average Bonchev–Trinajstić information content (AvgIpc) is 3.60. The molecule has 4 aromatic rings. The molecule has 0 fully saturated rings. The maximum atomic E-state index is 3.53. The van der Waals surface area contributed by atoms with Gasteiger partial charge in [0.05, 0.1) is 0 Å². The first-order valence-corrected chi connectivity index (χ1v) is 21.0. The van der Waals surface area contributed by atoms with E-state index in [0.29, 0.717) is 5.92 Å². The van der Waals surface area contributed by atoms with Gasteiger partial charge in [-0.3, -0.25) is 6.08 Å². The number of hydrogen-bond donors (Lipinski definition) is 0. The number of allylic oxidation sites excluding steroid dienone is 4. The van der Waals surface area contributed by atoms with E-state index in [4.69, 9.17) is 0 Å². The van der Waals surface area contributed by atoms with Crippen LogP contribution in [0, 0.1) is 18.1 Å². The maximum absolute atomic E-state index is 3.53. The fraction of sp³-hybridized carbons (Fsp3) is 0.326. The summed E-state index contributed by atoms with van der Waals surface area (Å²) in [6.07, 6.45) is 8.84. The molecule has 0 heterocycles. The molecule has 0 amide bonds. The first-order valence-electron chi connectivity index (χ1n) is 16.2. The van der Waals surface area contributed by atoms with Gasteiger partial charge in [0.1, 0.15) is 0 Å². The van der Waals surface area contributed by atoms with E-state index < -0.39 is 8.07 Å². The second-order valence-corrected chi connectivity index (χ2v) is 21.7. The Kier molecular flexibility index (Phi) is 14.9. The predicted octanol–water partition coefficient (Wildman–Crippen LogP) is 5.26. The molecule has 0 saturated heterocycles. The Bertz CT molecular complexity index is 1580. The van der Waals surface area contributed by atoms with Gasteiger partial charge < -0.3 is 24.8 Å². The minimum atomic E-state index is -1.02. The van der Waals surface area contributed by atoms with Crippen LogP contribution in [-0.2, 0) is 41.5 Å². The quantitative estimate of drug-likeness (QED) is 0.174. The number of fused-ring (bicyclic) bond motifs is 3. The van der Waals surface area contributed by atoms with Crippen molar-refractivity contribution >= 4 is 11.3 Å². The van der Waals surface area contributed by atoms with Crippen molar-refractivity contribution < 1.29 is 49.0 Å². The molecule has 246 valence electrons. The van der Waals surface area contributed by atoms with Gasteiger partial charge in [0, 0.05) is 0 Å². The van der Waals surface area contributed by atoms with Crippen LogP contribution in [0.2, 0.25) is 19.6 Å². The fourth-order valence-electron chi connectivity index (χ4n) is 5.41. The van der Waals surface area contributed by atoms with E-state index in [0.717, 1.165) is 6.42 Å². The zero-order valence-electron chi connectivity index (χ0n) is 29.9. The molecule has 0 aliphatic heterocycles. The second-order valence-electron chi connectivity index (χ2n) is 15.4. The van der Waals surface area contributed by atoms with Crippen LogP contribution in [0.3, 0.4) is 0 Å². The Labute approximate surface area is 314 Å². The van der Waals surface area contributed by atoms with Gasteiger partial charge in [-0.2, -0.15) is 35.4 Å². The van der Waals surface area contributed by atoms with E-state index >= 15 is 0 Å². The van der Waals surface area contributed by atoms with Crippen LogP contribution in [0.15, 0.2) is 108 Å². The molecule has 1 atom stereocenters. The van der Waals surface area contributed by atoms with Gasteiger partial charge in [-0.05, 0) is 25.5 Å². The van der Waals surface area contributed by atoms with Crippen LogP contribution in [0.1, 0.15) is 81.8 Å². The zero-order chi connectivity index (χ0) is 33.0. The SMILES string of the molecule is CC(C)(C)c1c[c-]c2c(c1)-c1cc(C(C)(C)C)ccc1C2.CC1[C-]=CC([Si](C)(C)C)=C1.[Cl-].[Cl-].[Zr+2]=[C](c1ccccc1)c1ccccc1. The molecular formula is C43H50Cl2SiZr-2. The summed E-state index contributed by atoms with van der Waals surface area (Å²) in [6.45, 7) is 22.9. The molecule has 47 heavy (non-hydrogen) atoms. The molecule has 4 heteroatoms. The Morgan fingerprint density at radius 3 is 1.66 bits per heavy atom. The van der Waals surface area contributed by atoms with Crippen molar-refractivity contribution in [1.29, 1.82) is 0 Å². The van der Waals surface area contributed by atoms with Gasteiger partial charge >= 0.3 is 99.2 Å². The summed E-state index contributed by atoms with van der Waals surface area (Å²) in [7, 11) is -1.02. The fourth-order valence-corrected chi connectivity index (χ4v) is 7.50. The Balaban J connectivity index is 0.000000258. The van der Waals surface area contributed by atoms with E-state index in [2.05, 4.69) is 183 Å². The third-order valence-corrected chi connectivity index (χ3v) is 11.9. The number of hydrogen-bond acceptors (Lipinski definition) is 0. The molecule has 2 aliphatic carbocycles. The van der Waals surface area contributed by atoms with Gasteiger partial charge in [-0.25, -0.2) is 11.3 Å². The number of halogens is 2. The van der Waals surface area contributed by atoms with Crippen molar-refractivity contribution in [2.45, 2.75) is 85.4 Å². The summed E-state index contributed by atoms with van der Waals surface area (Å²) in [6, 6.07) is 36.2. The summed E-state index contributed by atoms with van der Waals surface area (Å²) >= 11 is 1.46. The molecule has 1 unspecified atom stereocenters. The normalized spacial score (nSPS) is 14.6.